The van der Waals surface area contributed by atoms with Crippen molar-refractivity contribution in [3.63, 3.8) is 0 Å². The number of aromatic amines is 1. The van der Waals surface area contributed by atoms with Crippen molar-refractivity contribution in [2.24, 2.45) is 0 Å². The van der Waals surface area contributed by atoms with Gasteiger partial charge in [0.25, 0.3) is 11.5 Å². The van der Waals surface area contributed by atoms with Crippen LogP contribution >= 0.6 is 0 Å². The van der Waals surface area contributed by atoms with E-state index in [1.54, 1.807) is 35.4 Å². The van der Waals surface area contributed by atoms with Crippen LogP contribution in [0.4, 0.5) is 0 Å². The molecule has 8 nitrogen and oxygen atoms in total. The predicted octanol–water partition coefficient (Wildman–Crippen LogP) is 2.29. The maximum Gasteiger partial charge on any atom is 0.275 e. The molecule has 0 radical (unpaired) electrons. The first kappa shape index (κ1) is 18.2. The van der Waals surface area contributed by atoms with E-state index < -0.39 is 0 Å². The van der Waals surface area contributed by atoms with E-state index in [9.17, 15) is 9.59 Å². The third-order valence-corrected chi connectivity index (χ3v) is 5.31. The molecule has 0 bridgehead atoms. The van der Waals surface area contributed by atoms with Gasteiger partial charge in [0.1, 0.15) is 11.5 Å². The van der Waals surface area contributed by atoms with Gasteiger partial charge in [0.05, 0.1) is 11.9 Å². The Morgan fingerprint density at radius 3 is 2.83 bits per heavy atom. The van der Waals surface area contributed by atoms with E-state index in [2.05, 4.69) is 20.2 Å². The molecule has 0 unspecified atom stereocenters. The SMILES string of the molecule is O=C(c1n[nH]c(=O)c2ccccc12)N1CCc2oc(CCc3cccnc3)nc2C1. The van der Waals surface area contributed by atoms with Crippen molar-refractivity contribution in [1.82, 2.24) is 25.1 Å². The molecule has 1 aliphatic heterocycles. The summed E-state index contributed by atoms with van der Waals surface area (Å²) in [5, 5.41) is 7.46. The fourth-order valence-electron chi connectivity index (χ4n) is 3.76. The van der Waals surface area contributed by atoms with Crippen LogP contribution in [0.15, 0.2) is 58.0 Å². The van der Waals surface area contributed by atoms with Crippen LogP contribution in [0.2, 0.25) is 0 Å². The quantitative estimate of drug-likeness (QED) is 0.563. The van der Waals surface area contributed by atoms with Crippen molar-refractivity contribution < 1.29 is 9.21 Å². The van der Waals surface area contributed by atoms with E-state index in [1.165, 1.54) is 0 Å². The van der Waals surface area contributed by atoms with E-state index in [-0.39, 0.29) is 17.2 Å². The van der Waals surface area contributed by atoms with Crippen LogP contribution < -0.4 is 5.56 Å². The smallest absolute Gasteiger partial charge is 0.275 e. The molecule has 1 N–H and O–H groups in total. The lowest BCUT2D eigenvalue weighted by Gasteiger charge is -2.25. The van der Waals surface area contributed by atoms with Crippen molar-refractivity contribution in [1.29, 1.82) is 0 Å². The minimum absolute atomic E-state index is 0.229. The summed E-state index contributed by atoms with van der Waals surface area (Å²) in [4.78, 5) is 35.6. The molecule has 0 aliphatic carbocycles. The van der Waals surface area contributed by atoms with Crippen molar-refractivity contribution in [2.75, 3.05) is 6.54 Å². The Bertz CT molecular complexity index is 1280. The van der Waals surface area contributed by atoms with Gasteiger partial charge in [-0.1, -0.05) is 24.3 Å². The van der Waals surface area contributed by atoms with Crippen molar-refractivity contribution in [2.45, 2.75) is 25.8 Å². The monoisotopic (exact) mass is 401 g/mol. The Morgan fingerprint density at radius 1 is 1.13 bits per heavy atom. The number of fused-ring (bicyclic) bond motifs is 2. The van der Waals surface area contributed by atoms with E-state index in [1.807, 2.05) is 18.3 Å². The zero-order valence-electron chi connectivity index (χ0n) is 16.2. The highest BCUT2D eigenvalue weighted by molar-refractivity contribution is 6.04. The molecule has 3 aromatic heterocycles. The van der Waals surface area contributed by atoms with Gasteiger partial charge in [0.2, 0.25) is 0 Å². The zero-order chi connectivity index (χ0) is 20.5. The number of amides is 1. The van der Waals surface area contributed by atoms with Crippen LogP contribution in [0.25, 0.3) is 10.8 Å². The summed E-state index contributed by atoms with van der Waals surface area (Å²) in [7, 11) is 0. The second-order valence-electron chi connectivity index (χ2n) is 7.26. The Balaban J connectivity index is 1.35. The van der Waals surface area contributed by atoms with Gasteiger partial charge >= 0.3 is 0 Å². The van der Waals surface area contributed by atoms with Gasteiger partial charge in [0, 0.05) is 37.2 Å². The van der Waals surface area contributed by atoms with Gasteiger partial charge in [-0.25, -0.2) is 10.1 Å². The molecule has 8 heteroatoms. The second-order valence-corrected chi connectivity index (χ2v) is 7.26. The molecule has 1 aliphatic rings. The Labute approximate surface area is 171 Å². The molecule has 5 rings (SSSR count). The predicted molar refractivity (Wildman–Crippen MR) is 109 cm³/mol. The lowest BCUT2D eigenvalue weighted by Crippen LogP contribution is -2.37. The molecule has 4 aromatic rings. The van der Waals surface area contributed by atoms with Crippen LogP contribution in [-0.4, -0.2) is 37.5 Å². The van der Waals surface area contributed by atoms with Crippen LogP contribution in [0.3, 0.4) is 0 Å². The van der Waals surface area contributed by atoms with Gasteiger partial charge in [-0.3, -0.25) is 14.6 Å². The van der Waals surface area contributed by atoms with E-state index in [0.29, 0.717) is 42.6 Å². The largest absolute Gasteiger partial charge is 0.445 e. The third kappa shape index (κ3) is 3.36. The zero-order valence-corrected chi connectivity index (χ0v) is 16.2. The first-order chi connectivity index (χ1) is 14.7. The number of rotatable bonds is 4. The fourth-order valence-corrected chi connectivity index (χ4v) is 3.76. The number of H-pyrrole nitrogens is 1. The topological polar surface area (TPSA) is 105 Å². The lowest BCUT2D eigenvalue weighted by atomic mass is 10.1. The minimum Gasteiger partial charge on any atom is -0.445 e. The molecule has 0 spiro atoms. The van der Waals surface area contributed by atoms with Crippen LogP contribution in [-0.2, 0) is 25.8 Å². The van der Waals surface area contributed by atoms with Gasteiger partial charge < -0.3 is 9.32 Å². The van der Waals surface area contributed by atoms with Gasteiger partial charge in [-0.05, 0) is 24.1 Å². The molecule has 4 heterocycles. The molecular weight excluding hydrogens is 382 g/mol. The molecule has 1 amide bonds. The number of nitrogens with one attached hydrogen (secondary N) is 1. The number of pyridine rings is 1. The first-order valence-corrected chi connectivity index (χ1v) is 9.82. The number of aromatic nitrogens is 4. The number of aryl methyl sites for hydroxylation is 2. The van der Waals surface area contributed by atoms with E-state index >= 15 is 0 Å². The van der Waals surface area contributed by atoms with E-state index in [4.69, 9.17) is 4.42 Å². The fraction of sp³-hybridized carbons (Fsp3) is 0.227. The van der Waals surface area contributed by atoms with Crippen LogP contribution in [0.1, 0.15) is 33.4 Å². The van der Waals surface area contributed by atoms with Crippen molar-refractivity contribution in [3.8, 4) is 0 Å². The second kappa shape index (κ2) is 7.55. The van der Waals surface area contributed by atoms with Gasteiger partial charge in [0.15, 0.2) is 11.6 Å². The van der Waals surface area contributed by atoms with Crippen LogP contribution in [0.5, 0.6) is 0 Å². The van der Waals surface area contributed by atoms with Crippen molar-refractivity contribution in [3.05, 3.63) is 87.7 Å². The van der Waals surface area contributed by atoms with Crippen LogP contribution in [0, 0.1) is 0 Å². The average molecular weight is 401 g/mol. The lowest BCUT2D eigenvalue weighted by molar-refractivity contribution is 0.0723. The minimum atomic E-state index is -0.308. The number of nitrogens with zero attached hydrogens (tertiary/aromatic N) is 4. The van der Waals surface area contributed by atoms with Gasteiger partial charge in [-0.2, -0.15) is 5.10 Å². The maximum absolute atomic E-state index is 13.1. The first-order valence-electron chi connectivity index (χ1n) is 9.82. The number of oxazole rings is 1. The number of hydrogen-bond donors (Lipinski definition) is 1. The number of benzene rings is 1. The highest BCUT2D eigenvalue weighted by Gasteiger charge is 2.28. The number of carbonyl (C=O) groups excluding carboxylic acids is 1. The molecule has 150 valence electrons. The standard InChI is InChI=1S/C22H19N5O3/c28-21-16-6-2-1-5-15(16)20(25-26-21)22(29)27-11-9-18-17(13-27)24-19(30-18)8-7-14-4-3-10-23-12-14/h1-6,10,12H,7-9,11,13H2,(H,26,28). The molecule has 1 aromatic carbocycles. The molecule has 0 fully saturated rings. The summed E-state index contributed by atoms with van der Waals surface area (Å²) < 4.78 is 5.91. The van der Waals surface area contributed by atoms with Crippen molar-refractivity contribution >= 4 is 16.7 Å². The van der Waals surface area contributed by atoms with E-state index in [0.717, 1.165) is 23.4 Å². The molecular formula is C22H19N5O3. The Hall–Kier alpha value is -3.81. The molecule has 0 saturated heterocycles. The summed E-state index contributed by atoms with van der Waals surface area (Å²) in [6, 6.07) is 10.9. The highest BCUT2D eigenvalue weighted by Crippen LogP contribution is 2.23. The summed E-state index contributed by atoms with van der Waals surface area (Å²) in [5.74, 6) is 1.28. The molecule has 0 atom stereocenters. The molecule has 30 heavy (non-hydrogen) atoms. The molecule has 0 saturated carbocycles. The summed E-state index contributed by atoms with van der Waals surface area (Å²) in [6.07, 6.45) is 5.66. The maximum atomic E-state index is 13.1. The summed E-state index contributed by atoms with van der Waals surface area (Å²) in [5.41, 5.74) is 1.85. The number of carbonyl (C=O) groups is 1. The normalized spacial score (nSPS) is 13.4. The third-order valence-electron chi connectivity index (χ3n) is 5.31. The van der Waals surface area contributed by atoms with Gasteiger partial charge in [-0.15, -0.1) is 0 Å². The summed E-state index contributed by atoms with van der Waals surface area (Å²) in [6.45, 7) is 0.873. The summed E-state index contributed by atoms with van der Waals surface area (Å²) >= 11 is 0. The highest BCUT2D eigenvalue weighted by atomic mass is 16.4. The number of hydrogen-bond acceptors (Lipinski definition) is 6. The Kier molecular flexibility index (Phi) is 4.59. The Morgan fingerprint density at radius 2 is 2.00 bits per heavy atom. The average Bonchev–Trinajstić information content (AvgIpc) is 3.21.